The molecule has 0 atom stereocenters. The molecule has 0 aliphatic rings. The summed E-state index contributed by atoms with van der Waals surface area (Å²) in [5.41, 5.74) is 0.453. The van der Waals surface area contributed by atoms with Crippen LogP contribution in [0.15, 0.2) is 18.2 Å². The highest BCUT2D eigenvalue weighted by molar-refractivity contribution is 6.31. The zero-order chi connectivity index (χ0) is 19.9. The van der Waals surface area contributed by atoms with Crippen LogP contribution in [-0.2, 0) is 24.6 Å². The Morgan fingerprint density at radius 2 is 1.88 bits per heavy atom. The quantitative estimate of drug-likeness (QED) is 0.786. The van der Waals surface area contributed by atoms with Crippen molar-refractivity contribution in [2.24, 2.45) is 0 Å². The van der Waals surface area contributed by atoms with Crippen molar-refractivity contribution in [1.82, 2.24) is 9.78 Å². The number of alkyl halides is 3. The number of hydrogen-bond donors (Lipinski definition) is 1. The number of rotatable bonds is 4. The molecule has 0 amide bonds. The van der Waals surface area contributed by atoms with Crippen LogP contribution in [0.3, 0.4) is 0 Å². The summed E-state index contributed by atoms with van der Waals surface area (Å²) in [5.74, 6) is -1.13. The lowest BCUT2D eigenvalue weighted by atomic mass is 9.88. The lowest BCUT2D eigenvalue weighted by Crippen LogP contribution is -2.15. The summed E-state index contributed by atoms with van der Waals surface area (Å²) in [7, 11) is 0. The van der Waals surface area contributed by atoms with Crippen LogP contribution >= 0.6 is 11.6 Å². The molecule has 0 bridgehead atoms. The van der Waals surface area contributed by atoms with Crippen molar-refractivity contribution >= 4 is 17.6 Å². The molecule has 2 rings (SSSR count). The predicted octanol–water partition coefficient (Wildman–Crippen LogP) is 5.16. The van der Waals surface area contributed by atoms with Crippen LogP contribution in [-0.4, -0.2) is 20.9 Å². The second-order valence-corrected chi connectivity index (χ2v) is 7.45. The number of hydrogen-bond acceptors (Lipinski definition) is 2. The van der Waals surface area contributed by atoms with Gasteiger partial charge in [0.1, 0.15) is 5.69 Å². The highest BCUT2D eigenvalue weighted by Gasteiger charge is 2.32. The molecule has 142 valence electrons. The molecule has 0 unspecified atom stereocenters. The molecule has 0 fully saturated rings. The zero-order valence-corrected chi connectivity index (χ0v) is 15.7. The fraction of sp³-hybridized carbons (Fsp3) is 0.444. The highest BCUT2D eigenvalue weighted by atomic mass is 35.5. The van der Waals surface area contributed by atoms with E-state index in [0.717, 1.165) is 12.1 Å². The number of carboxylic acid groups (broad SMARTS) is 1. The van der Waals surface area contributed by atoms with Gasteiger partial charge in [0.05, 0.1) is 17.8 Å². The number of carboxylic acids is 1. The van der Waals surface area contributed by atoms with Crippen molar-refractivity contribution in [1.29, 1.82) is 0 Å². The van der Waals surface area contributed by atoms with Crippen molar-refractivity contribution in [3.63, 3.8) is 0 Å². The maximum Gasteiger partial charge on any atom is 0.416 e. The Hall–Kier alpha value is -2.02. The maximum absolute atomic E-state index is 12.8. The molecule has 1 heterocycles. The van der Waals surface area contributed by atoms with Crippen LogP contribution in [0.1, 0.15) is 60.6 Å². The molecule has 0 radical (unpaired) electrons. The van der Waals surface area contributed by atoms with E-state index in [2.05, 4.69) is 5.10 Å². The first-order valence-corrected chi connectivity index (χ1v) is 8.43. The van der Waals surface area contributed by atoms with Crippen molar-refractivity contribution in [3.05, 3.63) is 51.3 Å². The second kappa shape index (κ2) is 6.95. The Kier molecular flexibility index (Phi) is 5.42. The summed E-state index contributed by atoms with van der Waals surface area (Å²) in [6.07, 6.45) is -4.01. The summed E-state index contributed by atoms with van der Waals surface area (Å²) < 4.78 is 39.6. The molecule has 2 aromatic rings. The Bertz CT molecular complexity index is 836. The summed E-state index contributed by atoms with van der Waals surface area (Å²) in [6.45, 7) is 7.59. The van der Waals surface area contributed by atoms with E-state index in [-0.39, 0.29) is 22.7 Å². The fourth-order valence-electron chi connectivity index (χ4n) is 2.80. The second-order valence-electron chi connectivity index (χ2n) is 7.05. The number of benzene rings is 1. The zero-order valence-electron chi connectivity index (χ0n) is 14.9. The molecule has 4 nitrogen and oxygen atoms in total. The molecule has 0 saturated carbocycles. The van der Waals surface area contributed by atoms with Crippen molar-refractivity contribution in [2.75, 3.05) is 0 Å². The number of nitrogens with zero attached hydrogens (tertiary/aromatic N) is 2. The summed E-state index contributed by atoms with van der Waals surface area (Å²) in [6, 6.07) is 3.02. The molecule has 8 heteroatoms. The van der Waals surface area contributed by atoms with E-state index in [1.165, 1.54) is 10.7 Å². The van der Waals surface area contributed by atoms with Gasteiger partial charge < -0.3 is 5.11 Å². The first-order valence-electron chi connectivity index (χ1n) is 8.05. The molecule has 1 aromatic carbocycles. The van der Waals surface area contributed by atoms with Gasteiger partial charge in [-0.1, -0.05) is 45.4 Å². The minimum Gasteiger partial charge on any atom is -0.477 e. The third-order valence-electron chi connectivity index (χ3n) is 4.02. The summed E-state index contributed by atoms with van der Waals surface area (Å²) in [5, 5.41) is 14.0. The predicted molar refractivity (Wildman–Crippen MR) is 92.8 cm³/mol. The summed E-state index contributed by atoms with van der Waals surface area (Å²) >= 11 is 6.00. The normalized spacial score (nSPS) is 12.5. The molecule has 1 aromatic heterocycles. The minimum atomic E-state index is -4.49. The molecule has 0 aliphatic carbocycles. The molecular formula is C18H20ClF3N2O2. The van der Waals surface area contributed by atoms with E-state index in [9.17, 15) is 23.1 Å². The van der Waals surface area contributed by atoms with Gasteiger partial charge in [0.2, 0.25) is 0 Å². The van der Waals surface area contributed by atoms with Gasteiger partial charge in [0.15, 0.2) is 0 Å². The van der Waals surface area contributed by atoms with E-state index in [1.807, 2.05) is 27.7 Å². The SMILES string of the molecule is CCc1c(C(C)(C)C)nn(Cc2ccc(C(F)(F)F)cc2Cl)c1C(=O)O. The van der Waals surface area contributed by atoms with Gasteiger partial charge in [-0.05, 0) is 24.1 Å². The van der Waals surface area contributed by atoms with Crippen LogP contribution in [0.5, 0.6) is 0 Å². The van der Waals surface area contributed by atoms with Gasteiger partial charge in [-0.25, -0.2) is 4.79 Å². The average Bonchev–Trinajstić information content (AvgIpc) is 2.86. The van der Waals surface area contributed by atoms with Crippen LogP contribution in [0.2, 0.25) is 5.02 Å². The minimum absolute atomic E-state index is 0.0261. The van der Waals surface area contributed by atoms with Gasteiger partial charge >= 0.3 is 12.1 Å². The first-order chi connectivity index (χ1) is 11.9. The average molecular weight is 389 g/mol. The molecule has 0 aliphatic heterocycles. The lowest BCUT2D eigenvalue weighted by Gasteiger charge is -2.17. The van der Waals surface area contributed by atoms with Gasteiger partial charge in [-0.2, -0.15) is 18.3 Å². The molecule has 26 heavy (non-hydrogen) atoms. The standard InChI is InChI=1S/C18H20ClF3N2O2/c1-5-12-14(16(25)26)24(23-15(12)17(2,3)4)9-10-6-7-11(8-13(10)19)18(20,21)22/h6-8H,5,9H2,1-4H3,(H,25,26). The monoisotopic (exact) mass is 388 g/mol. The highest BCUT2D eigenvalue weighted by Crippen LogP contribution is 2.33. The van der Waals surface area contributed by atoms with Gasteiger partial charge in [0.25, 0.3) is 0 Å². The van der Waals surface area contributed by atoms with Gasteiger partial charge in [0, 0.05) is 16.0 Å². The van der Waals surface area contributed by atoms with Crippen molar-refractivity contribution in [2.45, 2.75) is 52.3 Å². The number of halogens is 4. The Morgan fingerprint density at radius 1 is 1.27 bits per heavy atom. The summed E-state index contributed by atoms with van der Waals surface area (Å²) in [4.78, 5) is 11.8. The third-order valence-corrected chi connectivity index (χ3v) is 4.37. The molecule has 0 saturated heterocycles. The van der Waals surface area contributed by atoms with Crippen LogP contribution in [0.4, 0.5) is 13.2 Å². The Labute approximate surface area is 154 Å². The van der Waals surface area contributed by atoms with Crippen LogP contribution < -0.4 is 0 Å². The van der Waals surface area contributed by atoms with E-state index in [1.54, 1.807) is 0 Å². The molecular weight excluding hydrogens is 369 g/mol. The van der Waals surface area contributed by atoms with Crippen LogP contribution in [0.25, 0.3) is 0 Å². The largest absolute Gasteiger partial charge is 0.477 e. The first kappa shape index (κ1) is 20.3. The molecule has 1 N–H and O–H groups in total. The van der Waals surface area contributed by atoms with Crippen molar-refractivity contribution in [3.8, 4) is 0 Å². The topological polar surface area (TPSA) is 55.1 Å². The van der Waals surface area contributed by atoms with Gasteiger partial charge in [-0.15, -0.1) is 0 Å². The molecule has 0 spiro atoms. The number of carbonyl (C=O) groups is 1. The van der Waals surface area contributed by atoms with E-state index < -0.39 is 17.7 Å². The number of aromatic nitrogens is 2. The third kappa shape index (κ3) is 4.03. The fourth-order valence-corrected chi connectivity index (χ4v) is 3.04. The Balaban J connectivity index is 2.53. The van der Waals surface area contributed by atoms with Crippen molar-refractivity contribution < 1.29 is 23.1 Å². The van der Waals surface area contributed by atoms with E-state index >= 15 is 0 Å². The van der Waals surface area contributed by atoms with Crippen LogP contribution in [0, 0.1) is 0 Å². The smallest absolute Gasteiger partial charge is 0.416 e. The maximum atomic E-state index is 12.8. The Morgan fingerprint density at radius 3 is 2.31 bits per heavy atom. The van der Waals surface area contributed by atoms with E-state index in [4.69, 9.17) is 11.6 Å². The van der Waals surface area contributed by atoms with Gasteiger partial charge in [-0.3, -0.25) is 4.68 Å². The number of aromatic carboxylic acids is 1. The van der Waals surface area contributed by atoms with E-state index in [0.29, 0.717) is 23.2 Å². The lowest BCUT2D eigenvalue weighted by molar-refractivity contribution is -0.137.